The van der Waals surface area contributed by atoms with Crippen LogP contribution in [0.4, 0.5) is 10.1 Å². The van der Waals surface area contributed by atoms with E-state index in [4.69, 9.17) is 10.5 Å². The number of halogens is 2. The molecular formula is C16H17FINO. The number of ether oxygens (including phenoxy) is 1. The van der Waals surface area contributed by atoms with Crippen LogP contribution in [-0.2, 0) is 0 Å². The van der Waals surface area contributed by atoms with E-state index in [-0.39, 0.29) is 5.82 Å². The lowest BCUT2D eigenvalue weighted by Gasteiger charge is -2.13. The highest BCUT2D eigenvalue weighted by atomic mass is 127. The number of aryl methyl sites for hydroxylation is 1. The molecule has 0 amide bonds. The number of benzene rings is 2. The van der Waals surface area contributed by atoms with Crippen molar-refractivity contribution in [3.05, 3.63) is 50.8 Å². The summed E-state index contributed by atoms with van der Waals surface area (Å²) in [6.45, 7) is 6.34. The normalized spacial score (nSPS) is 10.9. The van der Waals surface area contributed by atoms with E-state index in [1.54, 1.807) is 6.07 Å². The van der Waals surface area contributed by atoms with Gasteiger partial charge in [0.2, 0.25) is 0 Å². The summed E-state index contributed by atoms with van der Waals surface area (Å²) in [5, 5.41) is 0. The maximum absolute atomic E-state index is 13.6. The van der Waals surface area contributed by atoms with Gasteiger partial charge in [0.15, 0.2) is 5.75 Å². The van der Waals surface area contributed by atoms with E-state index < -0.39 is 0 Å². The molecule has 0 atom stereocenters. The van der Waals surface area contributed by atoms with Crippen molar-refractivity contribution in [2.75, 3.05) is 5.73 Å². The Kier molecular flexibility index (Phi) is 4.52. The molecule has 4 heteroatoms. The van der Waals surface area contributed by atoms with Crippen LogP contribution in [0.1, 0.15) is 30.9 Å². The van der Waals surface area contributed by atoms with E-state index in [9.17, 15) is 4.39 Å². The maximum atomic E-state index is 13.6. The largest absolute Gasteiger partial charge is 0.455 e. The second-order valence-corrected chi connectivity index (χ2v) is 6.24. The molecule has 0 saturated carbocycles. The lowest BCUT2D eigenvalue weighted by atomic mass is 9.98. The number of hydrogen-bond acceptors (Lipinski definition) is 2. The molecule has 2 rings (SSSR count). The molecule has 0 bridgehead atoms. The van der Waals surface area contributed by atoms with Crippen molar-refractivity contribution < 1.29 is 9.13 Å². The second kappa shape index (κ2) is 5.99. The van der Waals surface area contributed by atoms with Gasteiger partial charge in [-0.3, -0.25) is 0 Å². The zero-order valence-corrected chi connectivity index (χ0v) is 13.9. The minimum atomic E-state index is -0.328. The van der Waals surface area contributed by atoms with Gasteiger partial charge in [-0.1, -0.05) is 19.9 Å². The molecule has 106 valence electrons. The maximum Gasteiger partial charge on any atom is 0.153 e. The average Bonchev–Trinajstić information content (AvgIpc) is 2.35. The Bertz CT molecular complexity index is 641. The molecular weight excluding hydrogens is 368 g/mol. The molecule has 0 unspecified atom stereocenters. The second-order valence-electron chi connectivity index (χ2n) is 5.08. The van der Waals surface area contributed by atoms with E-state index in [2.05, 4.69) is 13.8 Å². The third-order valence-corrected chi connectivity index (χ3v) is 3.97. The number of rotatable bonds is 3. The summed E-state index contributed by atoms with van der Waals surface area (Å²) in [5.74, 6) is 1.15. The Labute approximate surface area is 132 Å². The lowest BCUT2D eigenvalue weighted by molar-refractivity contribution is 0.478. The highest BCUT2D eigenvalue weighted by Crippen LogP contribution is 2.32. The third-order valence-electron chi connectivity index (χ3n) is 3.14. The van der Waals surface area contributed by atoms with Crippen molar-refractivity contribution in [3.63, 3.8) is 0 Å². The lowest BCUT2D eigenvalue weighted by Crippen LogP contribution is -1.97. The quantitative estimate of drug-likeness (QED) is 0.580. The van der Waals surface area contributed by atoms with Crippen LogP contribution >= 0.6 is 22.6 Å². The van der Waals surface area contributed by atoms with E-state index in [0.29, 0.717) is 26.7 Å². The van der Waals surface area contributed by atoms with Crippen LogP contribution in [0.25, 0.3) is 0 Å². The first kappa shape index (κ1) is 15.1. The summed E-state index contributed by atoms with van der Waals surface area (Å²) in [5.41, 5.74) is 8.72. The third kappa shape index (κ3) is 3.23. The van der Waals surface area contributed by atoms with Gasteiger partial charge in [-0.25, -0.2) is 4.39 Å². The Morgan fingerprint density at radius 2 is 1.90 bits per heavy atom. The van der Waals surface area contributed by atoms with E-state index in [1.165, 1.54) is 11.6 Å². The Morgan fingerprint density at radius 1 is 1.20 bits per heavy atom. The topological polar surface area (TPSA) is 35.2 Å². The van der Waals surface area contributed by atoms with Gasteiger partial charge in [-0.2, -0.15) is 0 Å². The fourth-order valence-corrected chi connectivity index (χ4v) is 2.61. The fourth-order valence-electron chi connectivity index (χ4n) is 2.12. The minimum Gasteiger partial charge on any atom is -0.455 e. The molecule has 20 heavy (non-hydrogen) atoms. The van der Waals surface area contributed by atoms with Crippen molar-refractivity contribution in [1.82, 2.24) is 0 Å². The van der Waals surface area contributed by atoms with Crippen LogP contribution in [0, 0.1) is 16.3 Å². The first-order valence-corrected chi connectivity index (χ1v) is 7.49. The Morgan fingerprint density at radius 3 is 2.50 bits per heavy atom. The molecule has 2 aromatic carbocycles. The number of hydrogen-bond donors (Lipinski definition) is 1. The monoisotopic (exact) mass is 385 g/mol. The summed E-state index contributed by atoms with van der Waals surface area (Å²) in [7, 11) is 0. The molecule has 2 nitrogen and oxygen atoms in total. The molecule has 0 aliphatic heterocycles. The Hall–Kier alpha value is -1.30. The van der Waals surface area contributed by atoms with Gasteiger partial charge in [0.25, 0.3) is 0 Å². The van der Waals surface area contributed by atoms with Gasteiger partial charge in [-0.15, -0.1) is 0 Å². The van der Waals surface area contributed by atoms with Crippen molar-refractivity contribution >= 4 is 28.3 Å². The molecule has 0 heterocycles. The van der Waals surface area contributed by atoms with Gasteiger partial charge in [0, 0.05) is 6.07 Å². The molecule has 0 aliphatic carbocycles. The van der Waals surface area contributed by atoms with Gasteiger partial charge < -0.3 is 10.5 Å². The van der Waals surface area contributed by atoms with Crippen LogP contribution in [0.5, 0.6) is 11.5 Å². The average molecular weight is 385 g/mol. The first-order valence-electron chi connectivity index (χ1n) is 6.41. The SMILES string of the molecule is Cc1cc(Oc2cc(F)c(I)cc2N)ccc1C(C)C. The van der Waals surface area contributed by atoms with Crippen LogP contribution in [0.2, 0.25) is 0 Å². The van der Waals surface area contributed by atoms with Gasteiger partial charge in [0.05, 0.1) is 9.26 Å². The standard InChI is InChI=1S/C16H17FINO/c1-9(2)12-5-4-11(6-10(12)3)20-16-7-13(17)14(18)8-15(16)19/h4-9H,19H2,1-3H3. The first-order chi connectivity index (χ1) is 9.38. The molecule has 0 aliphatic rings. The van der Waals surface area contributed by atoms with E-state index >= 15 is 0 Å². The van der Waals surface area contributed by atoms with Crippen molar-refractivity contribution in [3.8, 4) is 11.5 Å². The zero-order chi connectivity index (χ0) is 14.9. The van der Waals surface area contributed by atoms with Gasteiger partial charge in [0.1, 0.15) is 11.6 Å². The Balaban J connectivity index is 2.31. The van der Waals surface area contributed by atoms with Crippen LogP contribution < -0.4 is 10.5 Å². The molecule has 0 fully saturated rings. The van der Waals surface area contributed by atoms with Crippen molar-refractivity contribution in [2.24, 2.45) is 0 Å². The van der Waals surface area contributed by atoms with Gasteiger partial charge >= 0.3 is 0 Å². The fraction of sp³-hybridized carbons (Fsp3) is 0.250. The summed E-state index contributed by atoms with van der Waals surface area (Å²) in [6, 6.07) is 8.76. The summed E-state index contributed by atoms with van der Waals surface area (Å²) >= 11 is 1.90. The number of nitrogens with two attached hydrogens (primary N) is 1. The molecule has 0 spiro atoms. The van der Waals surface area contributed by atoms with Crippen molar-refractivity contribution in [1.29, 1.82) is 0 Å². The number of nitrogen functional groups attached to an aromatic ring is 1. The predicted octanol–water partition coefficient (Wildman–Crippen LogP) is 5.24. The minimum absolute atomic E-state index is 0.328. The van der Waals surface area contributed by atoms with E-state index in [1.807, 2.05) is 47.7 Å². The molecule has 0 saturated heterocycles. The predicted molar refractivity (Wildman–Crippen MR) is 88.9 cm³/mol. The molecule has 0 aromatic heterocycles. The smallest absolute Gasteiger partial charge is 0.153 e. The molecule has 2 N–H and O–H groups in total. The number of anilines is 1. The summed E-state index contributed by atoms with van der Waals surface area (Å²) in [4.78, 5) is 0. The molecule has 2 aromatic rings. The molecule has 0 radical (unpaired) electrons. The van der Waals surface area contributed by atoms with E-state index in [0.717, 1.165) is 5.56 Å². The highest BCUT2D eigenvalue weighted by Gasteiger charge is 2.10. The zero-order valence-electron chi connectivity index (χ0n) is 11.7. The van der Waals surface area contributed by atoms with Crippen LogP contribution in [-0.4, -0.2) is 0 Å². The summed E-state index contributed by atoms with van der Waals surface area (Å²) < 4.78 is 19.7. The van der Waals surface area contributed by atoms with Crippen LogP contribution in [0.3, 0.4) is 0 Å². The highest BCUT2D eigenvalue weighted by molar-refractivity contribution is 14.1. The van der Waals surface area contributed by atoms with Crippen LogP contribution in [0.15, 0.2) is 30.3 Å². The summed E-state index contributed by atoms with van der Waals surface area (Å²) in [6.07, 6.45) is 0. The van der Waals surface area contributed by atoms with Crippen molar-refractivity contribution in [2.45, 2.75) is 26.7 Å². The van der Waals surface area contributed by atoms with Gasteiger partial charge in [-0.05, 0) is 64.8 Å².